The molecule has 0 atom stereocenters. The number of anilines is 2. The molecule has 0 bridgehead atoms. The minimum Gasteiger partial charge on any atom is -0.484 e. The molecule has 2 aromatic rings. The van der Waals surface area contributed by atoms with E-state index in [2.05, 4.69) is 14.9 Å². The zero-order valence-corrected chi connectivity index (χ0v) is 16.6. The molecule has 144 valence electrons. The van der Waals surface area contributed by atoms with Crippen LogP contribution in [-0.2, 0) is 4.79 Å². The van der Waals surface area contributed by atoms with Crippen molar-refractivity contribution in [3.8, 4) is 5.75 Å². The molecule has 0 N–H and O–H groups in total. The highest BCUT2D eigenvalue weighted by molar-refractivity contribution is 6.30. The second-order valence-corrected chi connectivity index (χ2v) is 7.07. The molecule has 27 heavy (non-hydrogen) atoms. The van der Waals surface area contributed by atoms with Crippen LogP contribution in [0.25, 0.3) is 0 Å². The van der Waals surface area contributed by atoms with Gasteiger partial charge in [-0.1, -0.05) is 11.6 Å². The molecule has 0 radical (unpaired) electrons. The van der Waals surface area contributed by atoms with E-state index in [0.717, 1.165) is 30.5 Å². The number of nitrogens with zero attached hydrogens (tertiary/aromatic N) is 5. The molecular formula is C19H24ClN5O2. The van der Waals surface area contributed by atoms with E-state index in [0.29, 0.717) is 23.9 Å². The summed E-state index contributed by atoms with van der Waals surface area (Å²) >= 11 is 5.85. The summed E-state index contributed by atoms with van der Waals surface area (Å²) in [5.74, 6) is 3.14. The zero-order valence-electron chi connectivity index (χ0n) is 15.9. The summed E-state index contributed by atoms with van der Waals surface area (Å²) in [6.07, 6.45) is 0. The summed E-state index contributed by atoms with van der Waals surface area (Å²) in [4.78, 5) is 27.4. The molecule has 0 spiro atoms. The van der Waals surface area contributed by atoms with E-state index in [1.54, 1.807) is 24.3 Å². The van der Waals surface area contributed by atoms with Crippen LogP contribution in [0.1, 0.15) is 5.82 Å². The van der Waals surface area contributed by atoms with Crippen molar-refractivity contribution in [2.75, 3.05) is 56.7 Å². The van der Waals surface area contributed by atoms with E-state index < -0.39 is 0 Å². The second kappa shape index (κ2) is 8.43. The Morgan fingerprint density at radius 3 is 2.44 bits per heavy atom. The van der Waals surface area contributed by atoms with Crippen LogP contribution in [-0.4, -0.2) is 67.7 Å². The van der Waals surface area contributed by atoms with Gasteiger partial charge in [-0.3, -0.25) is 4.79 Å². The summed E-state index contributed by atoms with van der Waals surface area (Å²) in [6, 6.07) is 8.98. The predicted octanol–water partition coefficient (Wildman–Crippen LogP) is 2.23. The third-order valence-corrected chi connectivity index (χ3v) is 4.65. The third-order valence-electron chi connectivity index (χ3n) is 4.40. The largest absolute Gasteiger partial charge is 0.484 e. The smallest absolute Gasteiger partial charge is 0.260 e. The van der Waals surface area contributed by atoms with Crippen LogP contribution in [0.15, 0.2) is 30.3 Å². The number of hydrogen-bond donors (Lipinski definition) is 0. The Kier molecular flexibility index (Phi) is 6.01. The van der Waals surface area contributed by atoms with Crippen molar-refractivity contribution in [2.45, 2.75) is 6.92 Å². The number of halogens is 1. The van der Waals surface area contributed by atoms with Crippen LogP contribution >= 0.6 is 11.6 Å². The van der Waals surface area contributed by atoms with Crippen molar-refractivity contribution < 1.29 is 9.53 Å². The van der Waals surface area contributed by atoms with Crippen LogP contribution in [0.5, 0.6) is 5.75 Å². The van der Waals surface area contributed by atoms with E-state index in [9.17, 15) is 4.79 Å². The Bertz CT molecular complexity index is 789. The van der Waals surface area contributed by atoms with Gasteiger partial charge in [0.2, 0.25) is 0 Å². The van der Waals surface area contributed by atoms with Gasteiger partial charge < -0.3 is 19.4 Å². The SMILES string of the molecule is Cc1nc(N(C)C)cc(N2CCN(C(=O)COc3ccc(Cl)cc3)CC2)n1. The van der Waals surface area contributed by atoms with Gasteiger partial charge in [-0.2, -0.15) is 0 Å². The Morgan fingerprint density at radius 1 is 1.15 bits per heavy atom. The first-order valence-electron chi connectivity index (χ1n) is 8.86. The molecule has 1 aliphatic heterocycles. The molecule has 1 aromatic heterocycles. The highest BCUT2D eigenvalue weighted by atomic mass is 35.5. The third kappa shape index (κ3) is 5.01. The summed E-state index contributed by atoms with van der Waals surface area (Å²) in [5.41, 5.74) is 0. The predicted molar refractivity (Wildman–Crippen MR) is 107 cm³/mol. The maximum absolute atomic E-state index is 12.4. The summed E-state index contributed by atoms with van der Waals surface area (Å²) in [5, 5.41) is 0.641. The lowest BCUT2D eigenvalue weighted by molar-refractivity contribution is -0.133. The molecule has 7 nitrogen and oxygen atoms in total. The maximum Gasteiger partial charge on any atom is 0.260 e. The van der Waals surface area contributed by atoms with Gasteiger partial charge >= 0.3 is 0 Å². The molecule has 1 fully saturated rings. The lowest BCUT2D eigenvalue weighted by atomic mass is 10.3. The van der Waals surface area contributed by atoms with Gasteiger partial charge in [0.15, 0.2) is 6.61 Å². The highest BCUT2D eigenvalue weighted by Crippen LogP contribution is 2.19. The Morgan fingerprint density at radius 2 is 1.81 bits per heavy atom. The molecule has 0 aliphatic carbocycles. The van der Waals surface area contributed by atoms with Crippen LogP contribution < -0.4 is 14.5 Å². The zero-order chi connectivity index (χ0) is 19.4. The van der Waals surface area contributed by atoms with Gasteiger partial charge in [-0.15, -0.1) is 0 Å². The fourth-order valence-electron chi connectivity index (χ4n) is 2.88. The van der Waals surface area contributed by atoms with Crippen molar-refractivity contribution in [1.29, 1.82) is 0 Å². The minimum absolute atomic E-state index is 0.0163. The van der Waals surface area contributed by atoms with Crippen LogP contribution in [0.4, 0.5) is 11.6 Å². The first kappa shape index (κ1) is 19.2. The van der Waals surface area contributed by atoms with Crippen LogP contribution in [0.2, 0.25) is 5.02 Å². The molecule has 2 heterocycles. The maximum atomic E-state index is 12.4. The number of benzene rings is 1. The van der Waals surface area contributed by atoms with E-state index in [1.165, 1.54) is 0 Å². The van der Waals surface area contributed by atoms with E-state index in [1.807, 2.05) is 36.9 Å². The molecule has 1 saturated heterocycles. The first-order chi connectivity index (χ1) is 12.9. The van der Waals surface area contributed by atoms with Crippen molar-refractivity contribution >= 4 is 29.1 Å². The van der Waals surface area contributed by atoms with Crippen molar-refractivity contribution in [3.05, 3.63) is 41.2 Å². The quantitative estimate of drug-likeness (QED) is 0.781. The van der Waals surface area contributed by atoms with Crippen LogP contribution in [0, 0.1) is 6.92 Å². The average Bonchev–Trinajstić information content (AvgIpc) is 2.67. The number of hydrogen-bond acceptors (Lipinski definition) is 6. The first-order valence-corrected chi connectivity index (χ1v) is 9.24. The summed E-state index contributed by atoms with van der Waals surface area (Å²) in [7, 11) is 3.92. The number of aryl methyl sites for hydroxylation is 1. The molecule has 0 unspecified atom stereocenters. The molecule has 1 aromatic carbocycles. The standard InChI is InChI=1S/C19H24ClN5O2/c1-14-21-17(23(2)3)12-18(22-14)24-8-10-25(11-9-24)19(26)13-27-16-6-4-15(20)5-7-16/h4-7,12H,8-11,13H2,1-3H3. The summed E-state index contributed by atoms with van der Waals surface area (Å²) in [6.45, 7) is 4.67. The van der Waals surface area contributed by atoms with Gasteiger partial charge in [-0.25, -0.2) is 9.97 Å². The fourth-order valence-corrected chi connectivity index (χ4v) is 3.01. The van der Waals surface area contributed by atoms with Crippen molar-refractivity contribution in [1.82, 2.24) is 14.9 Å². The highest BCUT2D eigenvalue weighted by Gasteiger charge is 2.23. The Hall–Kier alpha value is -2.54. The molecule has 1 amide bonds. The lowest BCUT2D eigenvalue weighted by Gasteiger charge is -2.35. The van der Waals surface area contributed by atoms with E-state index >= 15 is 0 Å². The topological polar surface area (TPSA) is 61.8 Å². The van der Waals surface area contributed by atoms with Crippen LogP contribution in [0.3, 0.4) is 0 Å². The van der Waals surface area contributed by atoms with Gasteiger partial charge in [0.25, 0.3) is 5.91 Å². The lowest BCUT2D eigenvalue weighted by Crippen LogP contribution is -2.50. The number of rotatable bonds is 5. The van der Waals surface area contributed by atoms with Crippen molar-refractivity contribution in [3.63, 3.8) is 0 Å². The Balaban J connectivity index is 1.54. The average molecular weight is 390 g/mol. The molecule has 3 rings (SSSR count). The monoisotopic (exact) mass is 389 g/mol. The molecule has 1 aliphatic rings. The molecular weight excluding hydrogens is 366 g/mol. The molecule has 8 heteroatoms. The van der Waals surface area contributed by atoms with Gasteiger partial charge in [-0.05, 0) is 31.2 Å². The van der Waals surface area contributed by atoms with Gasteiger partial charge in [0.05, 0.1) is 0 Å². The fraction of sp³-hybridized carbons (Fsp3) is 0.421. The number of carbonyl (C=O) groups is 1. The van der Waals surface area contributed by atoms with Gasteiger partial charge in [0.1, 0.15) is 23.2 Å². The number of ether oxygens (including phenoxy) is 1. The normalized spacial score (nSPS) is 14.2. The van der Waals surface area contributed by atoms with Gasteiger partial charge in [0, 0.05) is 51.4 Å². The second-order valence-electron chi connectivity index (χ2n) is 6.64. The number of carbonyl (C=O) groups excluding carboxylic acids is 1. The number of piperazine rings is 1. The number of aromatic nitrogens is 2. The van der Waals surface area contributed by atoms with E-state index in [4.69, 9.17) is 16.3 Å². The number of amides is 1. The van der Waals surface area contributed by atoms with Crippen molar-refractivity contribution in [2.24, 2.45) is 0 Å². The minimum atomic E-state index is -0.0163. The van der Waals surface area contributed by atoms with E-state index in [-0.39, 0.29) is 12.5 Å². The Labute approximate surface area is 164 Å². The summed E-state index contributed by atoms with van der Waals surface area (Å²) < 4.78 is 5.56. The molecule has 0 saturated carbocycles.